The van der Waals surface area contributed by atoms with Gasteiger partial charge in [-0.25, -0.2) is 19.6 Å². The van der Waals surface area contributed by atoms with Crippen molar-refractivity contribution < 1.29 is 19.4 Å². The van der Waals surface area contributed by atoms with Crippen molar-refractivity contribution >= 4 is 46.3 Å². The number of aromatic nitrogens is 3. The SMILES string of the molecule is Cc1cc(NC(=O)OC(C)(C)C)ncc1-n1cc(C(=O)O)c(=O)c2cc(Cl)c(N3Cc4ccccc4C3)nc21. The monoisotopic (exact) mass is 547 g/mol. The number of anilines is 2. The first-order valence-electron chi connectivity index (χ1n) is 12.2. The number of halogens is 1. The van der Waals surface area contributed by atoms with Gasteiger partial charge in [-0.1, -0.05) is 35.9 Å². The summed E-state index contributed by atoms with van der Waals surface area (Å²) in [7, 11) is 0. The Morgan fingerprint density at radius 1 is 1.13 bits per heavy atom. The van der Waals surface area contributed by atoms with Crippen LogP contribution in [0.2, 0.25) is 5.02 Å². The number of pyridine rings is 3. The number of rotatable bonds is 4. The van der Waals surface area contributed by atoms with E-state index in [0.29, 0.717) is 30.2 Å². The largest absolute Gasteiger partial charge is 0.477 e. The number of aromatic carboxylic acids is 1. The highest BCUT2D eigenvalue weighted by Gasteiger charge is 2.25. The van der Waals surface area contributed by atoms with Crippen LogP contribution in [0.15, 0.2) is 53.6 Å². The molecule has 0 saturated carbocycles. The van der Waals surface area contributed by atoms with Gasteiger partial charge >= 0.3 is 12.1 Å². The van der Waals surface area contributed by atoms with Crippen molar-refractivity contribution in [3.05, 3.63) is 86.3 Å². The second-order valence-electron chi connectivity index (χ2n) is 10.3. The van der Waals surface area contributed by atoms with Crippen molar-refractivity contribution in [1.29, 1.82) is 0 Å². The molecular formula is C28H26ClN5O5. The summed E-state index contributed by atoms with van der Waals surface area (Å²) >= 11 is 6.61. The topological polar surface area (TPSA) is 127 Å². The Labute approximate surface area is 228 Å². The molecule has 0 atom stereocenters. The third kappa shape index (κ3) is 5.15. The van der Waals surface area contributed by atoms with Gasteiger partial charge in [-0.2, -0.15) is 0 Å². The van der Waals surface area contributed by atoms with Crippen molar-refractivity contribution in [1.82, 2.24) is 14.5 Å². The zero-order valence-electron chi connectivity index (χ0n) is 21.8. The average Bonchev–Trinajstić information content (AvgIpc) is 3.27. The van der Waals surface area contributed by atoms with E-state index >= 15 is 0 Å². The van der Waals surface area contributed by atoms with Gasteiger partial charge in [0, 0.05) is 19.3 Å². The highest BCUT2D eigenvalue weighted by Crippen LogP contribution is 2.34. The van der Waals surface area contributed by atoms with Crippen molar-refractivity contribution in [2.24, 2.45) is 0 Å². The fourth-order valence-corrected chi connectivity index (χ4v) is 4.80. The molecule has 0 radical (unpaired) electrons. The molecule has 1 aliphatic heterocycles. The maximum Gasteiger partial charge on any atom is 0.413 e. The number of fused-ring (bicyclic) bond motifs is 2. The number of nitrogens with one attached hydrogen (secondary N) is 1. The molecule has 0 bridgehead atoms. The second kappa shape index (κ2) is 9.70. The molecule has 1 aliphatic rings. The Kier molecular flexibility index (Phi) is 6.51. The van der Waals surface area contributed by atoms with Crippen LogP contribution in [-0.2, 0) is 17.8 Å². The molecule has 1 amide bonds. The van der Waals surface area contributed by atoms with E-state index < -0.39 is 28.7 Å². The molecule has 0 aliphatic carbocycles. The number of hydrogen-bond donors (Lipinski definition) is 2. The molecule has 2 N–H and O–H groups in total. The van der Waals surface area contributed by atoms with Crippen LogP contribution in [0.5, 0.6) is 0 Å². The number of benzene rings is 1. The molecule has 0 fully saturated rings. The third-order valence-electron chi connectivity index (χ3n) is 6.26. The average molecular weight is 548 g/mol. The molecule has 10 nitrogen and oxygen atoms in total. The van der Waals surface area contributed by atoms with Crippen LogP contribution >= 0.6 is 11.6 Å². The summed E-state index contributed by atoms with van der Waals surface area (Å²) in [4.78, 5) is 48.4. The zero-order chi connectivity index (χ0) is 28.1. The lowest BCUT2D eigenvalue weighted by Gasteiger charge is -2.21. The molecule has 0 saturated heterocycles. The number of ether oxygens (including phenoxy) is 1. The molecule has 1 aromatic carbocycles. The summed E-state index contributed by atoms with van der Waals surface area (Å²) in [6.45, 7) is 8.23. The summed E-state index contributed by atoms with van der Waals surface area (Å²) < 4.78 is 6.80. The third-order valence-corrected chi connectivity index (χ3v) is 6.53. The maximum absolute atomic E-state index is 13.1. The quantitative estimate of drug-likeness (QED) is 0.352. The Morgan fingerprint density at radius 3 is 2.38 bits per heavy atom. The van der Waals surface area contributed by atoms with Gasteiger partial charge in [0.2, 0.25) is 5.43 Å². The fraction of sp³-hybridized carbons (Fsp3) is 0.250. The minimum absolute atomic E-state index is 0.0655. The first kappa shape index (κ1) is 26.2. The number of carboxylic acids is 1. The van der Waals surface area contributed by atoms with Gasteiger partial charge in [-0.15, -0.1) is 0 Å². The first-order chi connectivity index (χ1) is 18.4. The fourth-order valence-electron chi connectivity index (χ4n) is 4.53. The molecule has 200 valence electrons. The molecule has 4 aromatic rings. The van der Waals surface area contributed by atoms with Crippen LogP contribution in [0, 0.1) is 6.92 Å². The van der Waals surface area contributed by atoms with Gasteiger partial charge in [0.05, 0.1) is 22.3 Å². The Morgan fingerprint density at radius 2 is 1.79 bits per heavy atom. The predicted octanol–water partition coefficient (Wildman–Crippen LogP) is 5.31. The highest BCUT2D eigenvalue weighted by atomic mass is 35.5. The molecule has 39 heavy (non-hydrogen) atoms. The molecule has 4 heterocycles. The van der Waals surface area contributed by atoms with Crippen molar-refractivity contribution in [2.75, 3.05) is 10.2 Å². The van der Waals surface area contributed by atoms with E-state index in [1.54, 1.807) is 33.8 Å². The van der Waals surface area contributed by atoms with E-state index in [1.807, 2.05) is 29.2 Å². The van der Waals surface area contributed by atoms with Crippen LogP contribution in [0.1, 0.15) is 47.8 Å². The van der Waals surface area contributed by atoms with Crippen LogP contribution in [-0.4, -0.2) is 37.3 Å². The van der Waals surface area contributed by atoms with E-state index in [2.05, 4.69) is 10.3 Å². The summed E-state index contributed by atoms with van der Waals surface area (Å²) in [5.74, 6) is -0.647. The summed E-state index contributed by atoms with van der Waals surface area (Å²) in [5.41, 5.74) is 1.86. The Hall–Kier alpha value is -4.44. The van der Waals surface area contributed by atoms with Gasteiger partial charge in [-0.05, 0) is 56.5 Å². The van der Waals surface area contributed by atoms with Crippen LogP contribution in [0.3, 0.4) is 0 Å². The molecular weight excluding hydrogens is 522 g/mol. The number of hydrogen-bond acceptors (Lipinski definition) is 7. The molecule has 11 heteroatoms. The van der Waals surface area contributed by atoms with Gasteiger partial charge in [0.15, 0.2) is 11.5 Å². The van der Waals surface area contributed by atoms with Crippen molar-refractivity contribution in [2.45, 2.75) is 46.4 Å². The number of carboxylic acid groups (broad SMARTS) is 1. The van der Waals surface area contributed by atoms with Crippen LogP contribution in [0.4, 0.5) is 16.4 Å². The summed E-state index contributed by atoms with van der Waals surface area (Å²) in [6, 6.07) is 11.1. The van der Waals surface area contributed by atoms with E-state index in [0.717, 1.165) is 11.1 Å². The number of nitrogens with zero attached hydrogens (tertiary/aromatic N) is 4. The lowest BCUT2D eigenvalue weighted by Crippen LogP contribution is -2.27. The second-order valence-corrected chi connectivity index (χ2v) is 10.7. The minimum Gasteiger partial charge on any atom is -0.477 e. The van der Waals surface area contributed by atoms with Crippen molar-refractivity contribution in [3.63, 3.8) is 0 Å². The molecule has 3 aromatic heterocycles. The van der Waals surface area contributed by atoms with Crippen LogP contribution < -0.4 is 15.6 Å². The number of aryl methyl sites for hydroxylation is 1. The first-order valence-corrected chi connectivity index (χ1v) is 12.6. The van der Waals surface area contributed by atoms with Gasteiger partial charge in [0.25, 0.3) is 0 Å². The van der Waals surface area contributed by atoms with Crippen molar-refractivity contribution in [3.8, 4) is 5.69 Å². The lowest BCUT2D eigenvalue weighted by molar-refractivity contribution is 0.0633. The highest BCUT2D eigenvalue weighted by molar-refractivity contribution is 6.33. The van der Waals surface area contributed by atoms with Crippen LogP contribution in [0.25, 0.3) is 16.7 Å². The smallest absolute Gasteiger partial charge is 0.413 e. The molecule has 0 spiro atoms. The number of carbonyl (C=O) groups excluding carboxylic acids is 1. The number of amides is 1. The minimum atomic E-state index is -1.38. The molecule has 0 unspecified atom stereocenters. The predicted molar refractivity (Wildman–Crippen MR) is 148 cm³/mol. The summed E-state index contributed by atoms with van der Waals surface area (Å²) in [6.07, 6.45) is 2.05. The normalized spacial score (nSPS) is 12.9. The van der Waals surface area contributed by atoms with Gasteiger partial charge in [0.1, 0.15) is 17.0 Å². The van der Waals surface area contributed by atoms with Gasteiger partial charge in [-0.3, -0.25) is 14.7 Å². The molecule has 5 rings (SSSR count). The lowest BCUT2D eigenvalue weighted by atomic mass is 10.1. The Balaban J connectivity index is 1.62. The Bertz CT molecular complexity index is 1680. The summed E-state index contributed by atoms with van der Waals surface area (Å²) in [5, 5.41) is 12.6. The standard InChI is InChI=1S/C28H26ClN5O5/c1-15-9-22(31-27(38)39-28(2,3)4)30-11-21(15)34-14-19(26(36)37)23(35)18-10-20(29)25(32-24(18)34)33-12-16-7-5-6-8-17(16)13-33/h5-11,14H,12-13H2,1-4H3,(H,36,37)(H,30,31,38). The number of carbonyl (C=O) groups is 2. The zero-order valence-corrected chi connectivity index (χ0v) is 22.5. The van der Waals surface area contributed by atoms with E-state index in [1.165, 1.54) is 23.0 Å². The van der Waals surface area contributed by atoms with E-state index in [9.17, 15) is 19.5 Å². The van der Waals surface area contributed by atoms with Gasteiger partial charge < -0.3 is 14.7 Å². The maximum atomic E-state index is 13.1. The van der Waals surface area contributed by atoms with E-state index in [-0.39, 0.29) is 21.9 Å². The van der Waals surface area contributed by atoms with E-state index in [4.69, 9.17) is 21.3 Å².